The van der Waals surface area contributed by atoms with Crippen LogP contribution >= 0.6 is 22.9 Å². The van der Waals surface area contributed by atoms with Crippen LogP contribution in [0.25, 0.3) is 32.4 Å². The number of nitrogens with zero attached hydrogens (tertiary/aromatic N) is 1. The molecule has 3 heterocycles. The summed E-state index contributed by atoms with van der Waals surface area (Å²) in [5.74, 6) is -0.310. The molecule has 4 rings (SSSR count). The van der Waals surface area contributed by atoms with Crippen LogP contribution < -0.4 is 0 Å². The third kappa shape index (κ3) is 2.48. The molecule has 0 atom stereocenters. The maximum absolute atomic E-state index is 11.6. The fourth-order valence-electron chi connectivity index (χ4n) is 2.55. The lowest BCUT2D eigenvalue weighted by Gasteiger charge is -2.02. The van der Waals surface area contributed by atoms with Crippen molar-refractivity contribution in [3.8, 4) is 11.3 Å². The number of H-pyrrole nitrogens is 1. The fourth-order valence-corrected chi connectivity index (χ4v) is 3.68. The molecule has 0 aliphatic carbocycles. The van der Waals surface area contributed by atoms with E-state index in [1.165, 1.54) is 18.4 Å². The van der Waals surface area contributed by atoms with E-state index in [1.54, 1.807) is 6.07 Å². The smallest absolute Gasteiger partial charge is 0.348 e. The minimum absolute atomic E-state index is 0.310. The number of benzene rings is 1. The minimum Gasteiger partial charge on any atom is -0.465 e. The molecule has 0 aliphatic heterocycles. The topological polar surface area (TPSA) is 55.0 Å². The number of fused-ring (bicyclic) bond motifs is 2. The summed E-state index contributed by atoms with van der Waals surface area (Å²) in [7, 11) is 1.39. The summed E-state index contributed by atoms with van der Waals surface area (Å²) in [6.07, 6.45) is 0. The molecule has 0 fully saturated rings. The van der Waals surface area contributed by atoms with Gasteiger partial charge in [0.25, 0.3) is 0 Å². The monoisotopic (exact) mass is 342 g/mol. The maximum atomic E-state index is 11.6. The van der Waals surface area contributed by atoms with Crippen molar-refractivity contribution >= 4 is 50.0 Å². The van der Waals surface area contributed by atoms with E-state index < -0.39 is 0 Å². The highest BCUT2D eigenvalue weighted by atomic mass is 35.5. The van der Waals surface area contributed by atoms with E-state index in [0.717, 1.165) is 32.4 Å². The third-order valence-electron chi connectivity index (χ3n) is 3.66. The van der Waals surface area contributed by atoms with Crippen LogP contribution in [0, 0.1) is 0 Å². The number of halogens is 1. The molecule has 0 aliphatic rings. The summed E-state index contributed by atoms with van der Waals surface area (Å²) in [4.78, 5) is 19.8. The van der Waals surface area contributed by atoms with Crippen molar-refractivity contribution in [2.24, 2.45) is 0 Å². The highest BCUT2D eigenvalue weighted by Gasteiger charge is 2.13. The van der Waals surface area contributed by atoms with Gasteiger partial charge in [-0.15, -0.1) is 11.3 Å². The molecular weight excluding hydrogens is 332 g/mol. The fraction of sp³-hybridized carbons (Fsp3) is 0.0588. The molecular formula is C17H11ClN2O2S. The lowest BCUT2D eigenvalue weighted by atomic mass is 10.1. The molecule has 6 heteroatoms. The number of ether oxygens (including phenoxy) is 1. The van der Waals surface area contributed by atoms with Gasteiger partial charge in [0.15, 0.2) is 0 Å². The zero-order chi connectivity index (χ0) is 16.0. The molecule has 1 N–H and O–H groups in total. The van der Waals surface area contributed by atoms with Crippen LogP contribution in [0.5, 0.6) is 0 Å². The molecule has 3 aromatic heterocycles. The van der Waals surface area contributed by atoms with Gasteiger partial charge < -0.3 is 9.72 Å². The molecule has 0 spiro atoms. The molecule has 0 saturated heterocycles. The number of rotatable bonds is 2. The zero-order valence-corrected chi connectivity index (χ0v) is 13.7. The first-order valence-electron chi connectivity index (χ1n) is 6.91. The molecule has 114 valence electrons. The van der Waals surface area contributed by atoms with Crippen LogP contribution in [0.3, 0.4) is 0 Å². The zero-order valence-electron chi connectivity index (χ0n) is 12.1. The Kier molecular flexibility index (Phi) is 3.32. The molecule has 0 saturated carbocycles. The highest BCUT2D eigenvalue weighted by molar-refractivity contribution is 7.20. The minimum atomic E-state index is -0.310. The van der Waals surface area contributed by atoms with Crippen molar-refractivity contribution in [1.29, 1.82) is 0 Å². The van der Waals surface area contributed by atoms with Gasteiger partial charge in [0.05, 0.1) is 22.8 Å². The predicted octanol–water partition coefficient (Wildman–Crippen LogP) is 4.88. The number of hydrogen-bond donors (Lipinski definition) is 1. The van der Waals surface area contributed by atoms with Gasteiger partial charge in [-0.3, -0.25) is 0 Å². The number of aromatic nitrogens is 2. The molecule has 4 nitrogen and oxygen atoms in total. The van der Waals surface area contributed by atoms with E-state index >= 15 is 0 Å². The highest BCUT2D eigenvalue weighted by Crippen LogP contribution is 2.32. The van der Waals surface area contributed by atoms with Gasteiger partial charge in [0.2, 0.25) is 0 Å². The summed E-state index contributed by atoms with van der Waals surface area (Å²) in [5.41, 5.74) is 3.85. The van der Waals surface area contributed by atoms with Crippen molar-refractivity contribution in [3.05, 3.63) is 52.5 Å². The van der Waals surface area contributed by atoms with Gasteiger partial charge in [-0.1, -0.05) is 17.7 Å². The average Bonchev–Trinajstić information content (AvgIpc) is 3.12. The molecule has 1 aromatic carbocycles. The number of carbonyl (C=O) groups is 1. The number of thiophene rings is 1. The summed E-state index contributed by atoms with van der Waals surface area (Å²) in [6.45, 7) is 0. The first kappa shape index (κ1) is 14.2. The number of nitrogens with one attached hydrogen (secondary N) is 1. The average molecular weight is 343 g/mol. The Hall–Kier alpha value is -2.37. The molecule has 0 bridgehead atoms. The van der Waals surface area contributed by atoms with Gasteiger partial charge >= 0.3 is 5.97 Å². The number of esters is 1. The quantitative estimate of drug-likeness (QED) is 0.417. The predicted molar refractivity (Wildman–Crippen MR) is 93.3 cm³/mol. The molecule has 4 aromatic rings. The largest absolute Gasteiger partial charge is 0.465 e. The van der Waals surface area contributed by atoms with Gasteiger partial charge in [0.1, 0.15) is 10.0 Å². The second-order valence-electron chi connectivity index (χ2n) is 5.10. The normalized spacial score (nSPS) is 11.2. The van der Waals surface area contributed by atoms with E-state index in [0.29, 0.717) is 10.0 Å². The van der Waals surface area contributed by atoms with Gasteiger partial charge in [0, 0.05) is 11.1 Å². The molecule has 0 unspecified atom stereocenters. The van der Waals surface area contributed by atoms with Crippen LogP contribution in [0.2, 0.25) is 5.15 Å². The lowest BCUT2D eigenvalue weighted by Crippen LogP contribution is -1.96. The SMILES string of the molecule is COC(=O)c1cc2[nH]c(-c3ccc4nc(Cl)ccc4c3)cc2s1. The Morgan fingerprint density at radius 1 is 1.22 bits per heavy atom. The molecule has 0 radical (unpaired) electrons. The van der Waals surface area contributed by atoms with Crippen molar-refractivity contribution in [2.45, 2.75) is 0 Å². The van der Waals surface area contributed by atoms with Crippen molar-refractivity contribution in [3.63, 3.8) is 0 Å². The van der Waals surface area contributed by atoms with Crippen LogP contribution in [0.1, 0.15) is 9.67 Å². The lowest BCUT2D eigenvalue weighted by molar-refractivity contribution is 0.0606. The third-order valence-corrected chi connectivity index (χ3v) is 4.93. The van der Waals surface area contributed by atoms with E-state index in [4.69, 9.17) is 16.3 Å². The molecule has 0 amide bonds. The van der Waals surface area contributed by atoms with Crippen molar-refractivity contribution < 1.29 is 9.53 Å². The number of methoxy groups -OCH3 is 1. The van der Waals surface area contributed by atoms with Crippen molar-refractivity contribution in [2.75, 3.05) is 7.11 Å². The second kappa shape index (κ2) is 5.37. The Labute approximate surface area is 140 Å². The van der Waals surface area contributed by atoms with Crippen LogP contribution in [-0.2, 0) is 4.74 Å². The first-order chi connectivity index (χ1) is 11.1. The van der Waals surface area contributed by atoms with Crippen LogP contribution in [0.4, 0.5) is 0 Å². The number of pyridine rings is 1. The summed E-state index contributed by atoms with van der Waals surface area (Å²) in [6, 6.07) is 13.6. The number of hydrogen-bond acceptors (Lipinski definition) is 4. The van der Waals surface area contributed by atoms with Gasteiger partial charge in [-0.05, 0) is 42.0 Å². The Morgan fingerprint density at radius 2 is 2.09 bits per heavy atom. The second-order valence-corrected chi connectivity index (χ2v) is 6.58. The Bertz CT molecular complexity index is 1020. The van der Waals surface area contributed by atoms with E-state index in [2.05, 4.69) is 16.0 Å². The van der Waals surface area contributed by atoms with Crippen LogP contribution in [0.15, 0.2) is 42.5 Å². The Morgan fingerprint density at radius 3 is 2.87 bits per heavy atom. The standard InChI is InChI=1S/C17H11ClN2O2S/c1-22-17(21)15-8-13-14(23-15)7-12(19-13)10-2-4-11-9(6-10)3-5-16(18)20-11/h2-8,19H,1H3. The molecule has 23 heavy (non-hydrogen) atoms. The summed E-state index contributed by atoms with van der Waals surface area (Å²) >= 11 is 7.33. The number of aromatic amines is 1. The van der Waals surface area contributed by atoms with Gasteiger partial charge in [-0.25, -0.2) is 9.78 Å². The van der Waals surface area contributed by atoms with E-state index in [1.807, 2.05) is 30.3 Å². The van der Waals surface area contributed by atoms with Crippen LogP contribution in [-0.4, -0.2) is 23.0 Å². The maximum Gasteiger partial charge on any atom is 0.348 e. The first-order valence-corrected chi connectivity index (χ1v) is 8.11. The summed E-state index contributed by atoms with van der Waals surface area (Å²) < 4.78 is 5.77. The van der Waals surface area contributed by atoms with E-state index in [9.17, 15) is 4.79 Å². The summed E-state index contributed by atoms with van der Waals surface area (Å²) in [5, 5.41) is 1.51. The Balaban J connectivity index is 1.77. The van der Waals surface area contributed by atoms with E-state index in [-0.39, 0.29) is 5.97 Å². The number of carbonyl (C=O) groups excluding carboxylic acids is 1. The van der Waals surface area contributed by atoms with Crippen molar-refractivity contribution in [1.82, 2.24) is 9.97 Å². The van der Waals surface area contributed by atoms with Gasteiger partial charge in [-0.2, -0.15) is 0 Å².